The van der Waals surface area contributed by atoms with Crippen LogP contribution in [0.1, 0.15) is 0 Å². The van der Waals surface area contributed by atoms with Crippen molar-refractivity contribution in [2.45, 2.75) is 0 Å². The van der Waals surface area contributed by atoms with Gasteiger partial charge < -0.3 is 4.98 Å². The van der Waals surface area contributed by atoms with Gasteiger partial charge >= 0.3 is 0 Å². The molecule has 0 amide bonds. The molecule has 4 aromatic rings. The fourth-order valence-corrected chi connectivity index (χ4v) is 2.43. The Morgan fingerprint density at radius 3 is 2.67 bits per heavy atom. The van der Waals surface area contributed by atoms with E-state index in [-0.39, 0.29) is 0 Å². The summed E-state index contributed by atoms with van der Waals surface area (Å²) in [4.78, 5) is 11.7. The zero-order valence-electron chi connectivity index (χ0n) is 10.8. The molecule has 0 saturated carbocycles. The number of aromatic amines is 1. The van der Waals surface area contributed by atoms with Gasteiger partial charge in [-0.25, -0.2) is 13.8 Å². The molecule has 102 valence electrons. The predicted molar refractivity (Wildman–Crippen MR) is 76.7 cm³/mol. The number of para-hydroxylation sites is 1. The summed E-state index contributed by atoms with van der Waals surface area (Å²) in [5.41, 5.74) is 2.43. The summed E-state index contributed by atoms with van der Waals surface area (Å²) in [7, 11) is 0. The van der Waals surface area contributed by atoms with Gasteiger partial charge in [0.15, 0.2) is 11.6 Å². The predicted octanol–water partition coefficient (Wildman–Crippen LogP) is 4.06. The molecule has 0 spiro atoms. The monoisotopic (exact) mass is 281 g/mol. The lowest BCUT2D eigenvalue weighted by molar-refractivity contribution is 0.510. The van der Waals surface area contributed by atoms with Crippen LogP contribution in [0.4, 0.5) is 8.78 Å². The van der Waals surface area contributed by atoms with Gasteiger partial charge in [-0.1, -0.05) is 18.2 Å². The molecule has 5 heteroatoms. The Morgan fingerprint density at radius 1 is 0.952 bits per heavy atom. The molecule has 0 bridgehead atoms. The third-order valence-electron chi connectivity index (χ3n) is 3.41. The number of benzene rings is 2. The standard InChI is InChI=1S/C16H9F2N3/c17-11-7-13-14(8-12(11)18)21-16(20-13)10-5-1-3-9-4-2-6-19-15(9)10/h1-8H,(H,20,21). The largest absolute Gasteiger partial charge is 0.338 e. The Hall–Kier alpha value is -2.82. The van der Waals surface area contributed by atoms with Crippen molar-refractivity contribution in [3.05, 3.63) is 60.3 Å². The van der Waals surface area contributed by atoms with Crippen molar-refractivity contribution in [2.24, 2.45) is 0 Å². The quantitative estimate of drug-likeness (QED) is 0.571. The van der Waals surface area contributed by atoms with Gasteiger partial charge in [-0.2, -0.15) is 0 Å². The minimum Gasteiger partial charge on any atom is -0.338 e. The van der Waals surface area contributed by atoms with Crippen molar-refractivity contribution in [3.63, 3.8) is 0 Å². The van der Waals surface area contributed by atoms with E-state index in [1.165, 1.54) is 0 Å². The van der Waals surface area contributed by atoms with Crippen molar-refractivity contribution in [1.29, 1.82) is 0 Å². The minimum absolute atomic E-state index is 0.386. The van der Waals surface area contributed by atoms with Crippen LogP contribution in [-0.2, 0) is 0 Å². The Bertz CT molecular complexity index is 932. The number of nitrogens with zero attached hydrogens (tertiary/aromatic N) is 2. The van der Waals surface area contributed by atoms with Crippen LogP contribution in [0, 0.1) is 11.6 Å². The summed E-state index contributed by atoms with van der Waals surface area (Å²) in [5.74, 6) is -1.26. The number of halogens is 2. The van der Waals surface area contributed by atoms with E-state index in [0.29, 0.717) is 16.9 Å². The first-order chi connectivity index (χ1) is 10.2. The van der Waals surface area contributed by atoms with Crippen LogP contribution in [0.3, 0.4) is 0 Å². The second kappa shape index (κ2) is 4.34. The number of rotatable bonds is 1. The first-order valence-corrected chi connectivity index (χ1v) is 6.41. The van der Waals surface area contributed by atoms with E-state index in [1.807, 2.05) is 30.3 Å². The molecule has 2 aromatic carbocycles. The van der Waals surface area contributed by atoms with Crippen molar-refractivity contribution >= 4 is 21.9 Å². The number of aromatic nitrogens is 3. The van der Waals surface area contributed by atoms with Crippen molar-refractivity contribution in [2.75, 3.05) is 0 Å². The second-order valence-corrected chi connectivity index (χ2v) is 4.75. The fraction of sp³-hybridized carbons (Fsp3) is 0. The lowest BCUT2D eigenvalue weighted by atomic mass is 10.1. The molecule has 0 aliphatic carbocycles. The van der Waals surface area contributed by atoms with Crippen LogP contribution in [0.25, 0.3) is 33.3 Å². The maximum atomic E-state index is 13.3. The molecule has 2 aromatic heterocycles. The zero-order valence-corrected chi connectivity index (χ0v) is 10.8. The number of nitrogens with one attached hydrogen (secondary N) is 1. The number of fused-ring (bicyclic) bond motifs is 2. The van der Waals surface area contributed by atoms with Crippen molar-refractivity contribution in [1.82, 2.24) is 15.0 Å². The highest BCUT2D eigenvalue weighted by Gasteiger charge is 2.12. The highest BCUT2D eigenvalue weighted by molar-refractivity contribution is 5.93. The number of imidazole rings is 1. The molecule has 0 atom stereocenters. The molecule has 0 unspecified atom stereocenters. The molecule has 3 nitrogen and oxygen atoms in total. The van der Waals surface area contributed by atoms with Crippen LogP contribution < -0.4 is 0 Å². The van der Waals surface area contributed by atoms with Gasteiger partial charge in [0.25, 0.3) is 0 Å². The Morgan fingerprint density at radius 2 is 1.76 bits per heavy atom. The van der Waals surface area contributed by atoms with Gasteiger partial charge in [-0.05, 0) is 12.1 Å². The van der Waals surface area contributed by atoms with Gasteiger partial charge in [-0.3, -0.25) is 4.98 Å². The first-order valence-electron chi connectivity index (χ1n) is 6.41. The highest BCUT2D eigenvalue weighted by atomic mass is 19.2. The average Bonchev–Trinajstić information content (AvgIpc) is 2.90. The lowest BCUT2D eigenvalue weighted by Crippen LogP contribution is -1.85. The molecule has 0 radical (unpaired) electrons. The fourth-order valence-electron chi connectivity index (χ4n) is 2.43. The SMILES string of the molecule is Fc1cc2nc(-c3cccc4cccnc34)[nH]c2cc1F. The van der Waals surface area contributed by atoms with E-state index in [4.69, 9.17) is 0 Å². The Balaban J connectivity index is 2.00. The smallest absolute Gasteiger partial charge is 0.161 e. The van der Waals surface area contributed by atoms with Gasteiger partial charge in [0.1, 0.15) is 5.82 Å². The highest BCUT2D eigenvalue weighted by Crippen LogP contribution is 2.27. The van der Waals surface area contributed by atoms with Gasteiger partial charge in [-0.15, -0.1) is 0 Å². The van der Waals surface area contributed by atoms with Crippen LogP contribution in [0.5, 0.6) is 0 Å². The summed E-state index contributed by atoms with van der Waals surface area (Å²) in [6.45, 7) is 0. The van der Waals surface area contributed by atoms with Crippen LogP contribution in [-0.4, -0.2) is 15.0 Å². The van der Waals surface area contributed by atoms with E-state index in [1.54, 1.807) is 6.20 Å². The molecular weight excluding hydrogens is 272 g/mol. The maximum Gasteiger partial charge on any atom is 0.161 e. The summed E-state index contributed by atoms with van der Waals surface area (Å²) < 4.78 is 26.6. The molecule has 2 heterocycles. The Labute approximate surface area is 118 Å². The van der Waals surface area contributed by atoms with Crippen molar-refractivity contribution in [3.8, 4) is 11.4 Å². The first kappa shape index (κ1) is 12.0. The third-order valence-corrected chi connectivity index (χ3v) is 3.41. The number of H-pyrrole nitrogens is 1. The van der Waals surface area contributed by atoms with E-state index >= 15 is 0 Å². The van der Waals surface area contributed by atoms with Gasteiger partial charge in [0.05, 0.1) is 16.6 Å². The normalized spacial score (nSPS) is 11.3. The van der Waals surface area contributed by atoms with Crippen LogP contribution in [0.2, 0.25) is 0 Å². The second-order valence-electron chi connectivity index (χ2n) is 4.75. The topological polar surface area (TPSA) is 41.6 Å². The molecule has 4 rings (SSSR count). The molecule has 21 heavy (non-hydrogen) atoms. The number of hydrogen-bond donors (Lipinski definition) is 1. The van der Waals surface area contributed by atoms with E-state index in [2.05, 4.69) is 15.0 Å². The maximum absolute atomic E-state index is 13.3. The summed E-state index contributed by atoms with van der Waals surface area (Å²) in [6, 6.07) is 11.7. The van der Waals surface area contributed by atoms with Crippen molar-refractivity contribution < 1.29 is 8.78 Å². The summed E-state index contributed by atoms with van der Waals surface area (Å²) >= 11 is 0. The van der Waals surface area contributed by atoms with Crippen LogP contribution in [0.15, 0.2) is 48.7 Å². The molecule has 0 aliphatic rings. The molecule has 1 N–H and O–H groups in total. The molecular formula is C16H9F2N3. The molecule has 0 saturated heterocycles. The third kappa shape index (κ3) is 1.86. The molecule has 0 aliphatic heterocycles. The van der Waals surface area contributed by atoms with Gasteiger partial charge in [0.2, 0.25) is 0 Å². The number of pyridine rings is 1. The minimum atomic E-state index is -0.906. The lowest BCUT2D eigenvalue weighted by Gasteiger charge is -2.01. The summed E-state index contributed by atoms with van der Waals surface area (Å²) in [6.07, 6.45) is 1.70. The van der Waals surface area contributed by atoms with Gasteiger partial charge in [0, 0.05) is 29.3 Å². The summed E-state index contributed by atoms with van der Waals surface area (Å²) in [5, 5.41) is 0.979. The Kier molecular flexibility index (Phi) is 2.47. The number of hydrogen-bond acceptors (Lipinski definition) is 2. The van der Waals surface area contributed by atoms with E-state index < -0.39 is 11.6 Å². The van der Waals surface area contributed by atoms with E-state index in [9.17, 15) is 8.78 Å². The average molecular weight is 281 g/mol. The van der Waals surface area contributed by atoms with Crippen LogP contribution >= 0.6 is 0 Å². The zero-order chi connectivity index (χ0) is 14.4. The molecule has 0 fully saturated rings. The van der Waals surface area contributed by atoms with E-state index in [0.717, 1.165) is 28.6 Å².